The Morgan fingerprint density at radius 3 is 2.62 bits per heavy atom. The minimum Gasteiger partial charge on any atom is -0.366 e. The number of fused-ring (bicyclic) bond motifs is 1. The van der Waals surface area contributed by atoms with Crippen molar-refractivity contribution in [3.63, 3.8) is 0 Å². The molecular weight excluding hydrogens is 360 g/mol. The summed E-state index contributed by atoms with van der Waals surface area (Å²) in [6.07, 6.45) is 1.33. The molecule has 136 valence electrons. The van der Waals surface area contributed by atoms with E-state index in [1.807, 2.05) is 0 Å². The molecule has 2 amide bonds. The van der Waals surface area contributed by atoms with Crippen LogP contribution in [0.4, 0.5) is 5.00 Å². The fraction of sp³-hybridized carbons (Fsp3) is 0.267. The SMILES string of the molecule is CC(C(=O)Nc1sccc1C(N)=O)n1cnc2c1c(=O)n(C)c(=O)n2C. The number of carbonyl (C=O) groups is 2. The van der Waals surface area contributed by atoms with E-state index in [1.165, 1.54) is 47.0 Å². The van der Waals surface area contributed by atoms with E-state index in [0.717, 1.165) is 4.57 Å². The van der Waals surface area contributed by atoms with Crippen molar-refractivity contribution in [3.8, 4) is 0 Å². The van der Waals surface area contributed by atoms with Crippen LogP contribution < -0.4 is 22.3 Å². The molecule has 3 aromatic heterocycles. The van der Waals surface area contributed by atoms with E-state index in [9.17, 15) is 19.2 Å². The van der Waals surface area contributed by atoms with Crippen molar-refractivity contribution >= 4 is 39.3 Å². The molecule has 0 saturated carbocycles. The molecular formula is C15H16N6O4S. The summed E-state index contributed by atoms with van der Waals surface area (Å²) in [5.74, 6) is -1.10. The highest BCUT2D eigenvalue weighted by Gasteiger charge is 2.23. The van der Waals surface area contributed by atoms with Crippen LogP contribution in [-0.2, 0) is 18.9 Å². The molecule has 0 aliphatic heterocycles. The minimum absolute atomic E-state index is 0.138. The summed E-state index contributed by atoms with van der Waals surface area (Å²) in [4.78, 5) is 52.5. The van der Waals surface area contributed by atoms with Crippen molar-refractivity contribution < 1.29 is 9.59 Å². The number of carbonyl (C=O) groups excluding carboxylic acids is 2. The van der Waals surface area contributed by atoms with Crippen molar-refractivity contribution in [2.24, 2.45) is 19.8 Å². The predicted octanol–water partition coefficient (Wildman–Crippen LogP) is -0.206. The number of imidazole rings is 1. The van der Waals surface area contributed by atoms with Crippen LogP contribution in [0.1, 0.15) is 23.3 Å². The molecule has 1 unspecified atom stereocenters. The third-order valence-corrected chi connectivity index (χ3v) is 4.97. The zero-order valence-corrected chi connectivity index (χ0v) is 15.0. The van der Waals surface area contributed by atoms with Crippen molar-refractivity contribution in [2.75, 3.05) is 5.32 Å². The van der Waals surface area contributed by atoms with Gasteiger partial charge in [0.05, 0.1) is 11.9 Å². The molecule has 0 fully saturated rings. The number of nitrogens with one attached hydrogen (secondary N) is 1. The Kier molecular flexibility index (Phi) is 4.24. The number of rotatable bonds is 4. The maximum atomic E-state index is 12.6. The van der Waals surface area contributed by atoms with Gasteiger partial charge in [0.2, 0.25) is 5.91 Å². The van der Waals surface area contributed by atoms with Gasteiger partial charge < -0.3 is 15.6 Å². The number of thiophene rings is 1. The van der Waals surface area contributed by atoms with Crippen LogP contribution in [0.25, 0.3) is 11.2 Å². The summed E-state index contributed by atoms with van der Waals surface area (Å²) < 4.78 is 3.59. The van der Waals surface area contributed by atoms with Gasteiger partial charge in [-0.25, -0.2) is 9.78 Å². The molecule has 3 aromatic rings. The molecule has 3 N–H and O–H groups in total. The topological polar surface area (TPSA) is 134 Å². The van der Waals surface area contributed by atoms with Gasteiger partial charge in [-0.05, 0) is 18.4 Å². The van der Waals surface area contributed by atoms with E-state index in [-0.39, 0.29) is 16.7 Å². The monoisotopic (exact) mass is 376 g/mol. The largest absolute Gasteiger partial charge is 0.366 e. The molecule has 0 bridgehead atoms. The maximum Gasteiger partial charge on any atom is 0.332 e. The average molecular weight is 376 g/mol. The van der Waals surface area contributed by atoms with Crippen molar-refractivity contribution in [3.05, 3.63) is 44.2 Å². The molecule has 10 nitrogen and oxygen atoms in total. The van der Waals surface area contributed by atoms with E-state index in [0.29, 0.717) is 5.00 Å². The van der Waals surface area contributed by atoms with E-state index in [4.69, 9.17) is 5.73 Å². The number of nitrogens with zero attached hydrogens (tertiary/aromatic N) is 4. The van der Waals surface area contributed by atoms with E-state index < -0.39 is 29.1 Å². The second-order valence-corrected chi connectivity index (χ2v) is 6.64. The van der Waals surface area contributed by atoms with Crippen LogP contribution in [0, 0.1) is 0 Å². The molecule has 0 spiro atoms. The summed E-state index contributed by atoms with van der Waals surface area (Å²) in [5.41, 5.74) is 4.76. The fourth-order valence-corrected chi connectivity index (χ4v) is 3.40. The van der Waals surface area contributed by atoms with Crippen molar-refractivity contribution in [1.82, 2.24) is 18.7 Å². The molecule has 11 heteroatoms. The zero-order chi connectivity index (χ0) is 19.2. The van der Waals surface area contributed by atoms with Gasteiger partial charge in [-0.1, -0.05) is 0 Å². The van der Waals surface area contributed by atoms with Crippen molar-refractivity contribution in [1.29, 1.82) is 0 Å². The van der Waals surface area contributed by atoms with E-state index in [1.54, 1.807) is 12.3 Å². The lowest BCUT2D eigenvalue weighted by atomic mass is 10.2. The Morgan fingerprint density at radius 2 is 1.96 bits per heavy atom. The lowest BCUT2D eigenvalue weighted by Crippen LogP contribution is -2.38. The van der Waals surface area contributed by atoms with Gasteiger partial charge >= 0.3 is 5.69 Å². The standard InChI is InChI=1S/C15H16N6O4S/c1-7(12(23)18-13-8(10(16)22)4-5-26-13)21-6-17-11-9(21)14(24)20(3)15(25)19(11)2/h4-7H,1-3H3,(H2,16,22)(H,18,23). The van der Waals surface area contributed by atoms with Crippen LogP contribution in [0.2, 0.25) is 0 Å². The molecule has 3 rings (SSSR count). The Bertz CT molecular complexity index is 1150. The quantitative estimate of drug-likeness (QED) is 0.650. The third-order valence-electron chi connectivity index (χ3n) is 4.14. The molecule has 0 aliphatic rings. The fourth-order valence-electron chi connectivity index (χ4n) is 2.60. The second-order valence-electron chi connectivity index (χ2n) is 5.72. The molecule has 0 aromatic carbocycles. The smallest absolute Gasteiger partial charge is 0.332 e. The van der Waals surface area contributed by atoms with Gasteiger partial charge in [-0.2, -0.15) is 0 Å². The Labute approximate surface area is 150 Å². The summed E-state index contributed by atoms with van der Waals surface area (Å²) in [7, 11) is 2.86. The number of aryl methyl sites for hydroxylation is 1. The first kappa shape index (κ1) is 17.6. The highest BCUT2D eigenvalue weighted by molar-refractivity contribution is 7.14. The average Bonchev–Trinajstić information content (AvgIpc) is 3.24. The summed E-state index contributed by atoms with van der Waals surface area (Å²) in [5, 5.41) is 4.61. The predicted molar refractivity (Wildman–Crippen MR) is 96.4 cm³/mol. The molecule has 0 saturated heterocycles. The Hall–Kier alpha value is -3.21. The first-order valence-electron chi connectivity index (χ1n) is 7.54. The number of nitrogens with two attached hydrogens (primary N) is 1. The van der Waals surface area contributed by atoms with Crippen LogP contribution in [0.3, 0.4) is 0 Å². The molecule has 0 aliphatic carbocycles. The normalized spacial score (nSPS) is 12.3. The van der Waals surface area contributed by atoms with Crippen LogP contribution >= 0.6 is 11.3 Å². The highest BCUT2D eigenvalue weighted by Crippen LogP contribution is 2.24. The van der Waals surface area contributed by atoms with E-state index in [2.05, 4.69) is 10.3 Å². The lowest BCUT2D eigenvalue weighted by Gasteiger charge is -2.14. The van der Waals surface area contributed by atoms with Gasteiger partial charge in [0, 0.05) is 14.1 Å². The van der Waals surface area contributed by atoms with Crippen LogP contribution in [0.5, 0.6) is 0 Å². The third kappa shape index (κ3) is 2.62. The first-order valence-corrected chi connectivity index (χ1v) is 8.42. The molecule has 0 radical (unpaired) electrons. The number of primary amides is 1. The molecule has 26 heavy (non-hydrogen) atoms. The number of aromatic nitrogens is 4. The van der Waals surface area contributed by atoms with Gasteiger partial charge in [-0.15, -0.1) is 11.3 Å². The lowest BCUT2D eigenvalue weighted by molar-refractivity contribution is -0.118. The van der Waals surface area contributed by atoms with Gasteiger partial charge in [0.15, 0.2) is 11.2 Å². The zero-order valence-electron chi connectivity index (χ0n) is 14.2. The molecule has 3 heterocycles. The van der Waals surface area contributed by atoms with Gasteiger partial charge in [0.25, 0.3) is 11.5 Å². The summed E-state index contributed by atoms with van der Waals surface area (Å²) in [6.45, 7) is 1.58. The molecule has 1 atom stereocenters. The van der Waals surface area contributed by atoms with Gasteiger partial charge in [0.1, 0.15) is 11.0 Å². The van der Waals surface area contributed by atoms with Crippen LogP contribution in [-0.4, -0.2) is 30.5 Å². The number of amides is 2. The summed E-state index contributed by atoms with van der Waals surface area (Å²) >= 11 is 1.17. The second kappa shape index (κ2) is 6.26. The first-order chi connectivity index (χ1) is 12.2. The number of hydrogen-bond acceptors (Lipinski definition) is 6. The van der Waals surface area contributed by atoms with Crippen molar-refractivity contribution in [2.45, 2.75) is 13.0 Å². The maximum absolute atomic E-state index is 12.6. The van der Waals surface area contributed by atoms with Crippen LogP contribution in [0.15, 0.2) is 27.4 Å². The number of anilines is 1. The number of hydrogen-bond donors (Lipinski definition) is 2. The van der Waals surface area contributed by atoms with Gasteiger partial charge in [-0.3, -0.25) is 23.5 Å². The van der Waals surface area contributed by atoms with E-state index >= 15 is 0 Å². The Morgan fingerprint density at radius 1 is 1.27 bits per heavy atom. The highest BCUT2D eigenvalue weighted by atomic mass is 32.1. The summed E-state index contributed by atoms with van der Waals surface area (Å²) in [6, 6.07) is 0.707. The Balaban J connectivity index is 2.03. The minimum atomic E-state index is -0.812.